The van der Waals surface area contributed by atoms with Crippen LogP contribution in [0.2, 0.25) is 0 Å². The number of carbonyl (C=O) groups is 2. The maximum absolute atomic E-state index is 12.4. The van der Waals surface area contributed by atoms with Gasteiger partial charge in [-0.25, -0.2) is 4.57 Å². The molecule has 0 unspecified atom stereocenters. The molecule has 292 valence electrons. The van der Waals surface area contributed by atoms with Crippen molar-refractivity contribution in [1.29, 1.82) is 0 Å². The van der Waals surface area contributed by atoms with Gasteiger partial charge < -0.3 is 19.3 Å². The Morgan fingerprint density at radius 2 is 0.735 bits per heavy atom. The molecule has 0 bridgehead atoms. The lowest BCUT2D eigenvalue weighted by molar-refractivity contribution is -0.161. The summed E-state index contributed by atoms with van der Waals surface area (Å²) >= 11 is 0. The summed E-state index contributed by atoms with van der Waals surface area (Å²) in [5, 5.41) is 0. The van der Waals surface area contributed by atoms with E-state index in [1.165, 1.54) is 161 Å². The van der Waals surface area contributed by atoms with Crippen LogP contribution in [0.1, 0.15) is 226 Å². The zero-order chi connectivity index (χ0) is 36.1. The lowest BCUT2D eigenvalue weighted by atomic mass is 10.0. The van der Waals surface area contributed by atoms with Crippen LogP contribution in [0.25, 0.3) is 0 Å². The van der Waals surface area contributed by atoms with Gasteiger partial charge in [0.15, 0.2) is 6.10 Å². The molecule has 0 aromatic rings. The molecule has 2 N–H and O–H groups in total. The number of unbranched alkanes of at least 4 members (excludes halogenated alkanes) is 29. The molecule has 0 saturated carbocycles. The summed E-state index contributed by atoms with van der Waals surface area (Å²) < 4.78 is 26.3. The molecular formula is C40H79O8P. The van der Waals surface area contributed by atoms with Gasteiger partial charge in [-0.15, -0.1) is 0 Å². The van der Waals surface area contributed by atoms with Gasteiger partial charge in [-0.1, -0.05) is 200 Å². The topological polar surface area (TPSA) is 119 Å². The first-order valence-electron chi connectivity index (χ1n) is 20.8. The minimum Gasteiger partial charge on any atom is -0.462 e. The highest BCUT2D eigenvalue weighted by Crippen LogP contribution is 2.36. The zero-order valence-corrected chi connectivity index (χ0v) is 33.0. The third kappa shape index (κ3) is 39.7. The van der Waals surface area contributed by atoms with Gasteiger partial charge in [-0.05, 0) is 12.8 Å². The predicted octanol–water partition coefficient (Wildman–Crippen LogP) is 12.5. The van der Waals surface area contributed by atoms with Gasteiger partial charge in [-0.2, -0.15) is 0 Å². The molecule has 9 heteroatoms. The number of phosphoric acid groups is 1. The van der Waals surface area contributed by atoms with Crippen LogP contribution in [-0.4, -0.2) is 41.0 Å². The van der Waals surface area contributed by atoms with Crippen molar-refractivity contribution >= 4 is 19.8 Å². The highest BCUT2D eigenvalue weighted by Gasteiger charge is 2.22. The summed E-state index contributed by atoms with van der Waals surface area (Å²) in [6.07, 6.45) is 38.4. The number of phosphoric ester groups is 1. The van der Waals surface area contributed by atoms with E-state index in [0.29, 0.717) is 6.42 Å². The Labute approximate surface area is 302 Å². The van der Waals surface area contributed by atoms with Gasteiger partial charge in [0.1, 0.15) is 6.61 Å². The fraction of sp³-hybridized carbons (Fsp3) is 0.950. The monoisotopic (exact) mass is 719 g/mol. The van der Waals surface area contributed by atoms with Crippen molar-refractivity contribution in [2.24, 2.45) is 0 Å². The Morgan fingerprint density at radius 3 is 1.04 bits per heavy atom. The molecule has 0 fully saturated rings. The van der Waals surface area contributed by atoms with E-state index >= 15 is 0 Å². The standard InChI is InChI=1S/C40H79O8P/c1-3-5-7-9-11-13-15-16-17-18-19-20-21-22-23-24-25-27-29-31-33-35-40(42)48-38(37-47-49(43,44)45)36-46-39(41)34-32-30-28-26-14-12-10-8-6-4-2/h38H,3-37H2,1-2H3,(H2,43,44,45)/t38-/m1/s1. The van der Waals surface area contributed by atoms with Crippen LogP contribution in [0.5, 0.6) is 0 Å². The minimum absolute atomic E-state index is 0.220. The molecule has 1 atom stereocenters. The molecule has 49 heavy (non-hydrogen) atoms. The van der Waals surface area contributed by atoms with E-state index in [2.05, 4.69) is 18.4 Å². The molecule has 0 aromatic heterocycles. The number of esters is 2. The first-order valence-corrected chi connectivity index (χ1v) is 22.4. The zero-order valence-electron chi connectivity index (χ0n) is 32.1. The SMILES string of the molecule is CCCCCCCCCCCCCCCCCCCCCCCC(=O)O[C@H](COC(=O)CCCCCCCCCCCC)COP(=O)(O)O. The van der Waals surface area contributed by atoms with E-state index in [-0.39, 0.29) is 19.4 Å². The molecule has 0 amide bonds. The van der Waals surface area contributed by atoms with E-state index in [9.17, 15) is 14.2 Å². The fourth-order valence-corrected chi connectivity index (χ4v) is 6.62. The van der Waals surface area contributed by atoms with Crippen molar-refractivity contribution in [3.8, 4) is 0 Å². The Morgan fingerprint density at radius 1 is 0.449 bits per heavy atom. The predicted molar refractivity (Wildman–Crippen MR) is 203 cm³/mol. The summed E-state index contributed by atoms with van der Waals surface area (Å²) in [4.78, 5) is 42.7. The summed E-state index contributed by atoms with van der Waals surface area (Å²) in [7, 11) is -4.74. The molecule has 0 aliphatic carbocycles. The van der Waals surface area contributed by atoms with Gasteiger partial charge in [0.05, 0.1) is 6.61 Å². The molecule has 0 aliphatic rings. The van der Waals surface area contributed by atoms with E-state index in [1.807, 2.05) is 0 Å². The number of hydrogen-bond acceptors (Lipinski definition) is 6. The summed E-state index contributed by atoms with van der Waals surface area (Å²) in [6, 6.07) is 0. The molecule has 0 spiro atoms. The smallest absolute Gasteiger partial charge is 0.462 e. The molecule has 0 aromatic carbocycles. The van der Waals surface area contributed by atoms with Crippen molar-refractivity contribution in [3.05, 3.63) is 0 Å². The Hall–Kier alpha value is -0.950. The molecule has 8 nitrogen and oxygen atoms in total. The van der Waals surface area contributed by atoms with Crippen LogP contribution < -0.4 is 0 Å². The quantitative estimate of drug-likeness (QED) is 0.0366. The fourth-order valence-electron chi connectivity index (χ4n) is 6.26. The van der Waals surface area contributed by atoms with Crippen molar-refractivity contribution in [1.82, 2.24) is 0 Å². The van der Waals surface area contributed by atoms with Gasteiger partial charge >= 0.3 is 19.8 Å². The summed E-state index contributed by atoms with van der Waals surface area (Å²) in [5.41, 5.74) is 0. The molecule has 0 radical (unpaired) electrons. The van der Waals surface area contributed by atoms with Crippen LogP contribution >= 0.6 is 7.82 Å². The van der Waals surface area contributed by atoms with Gasteiger partial charge in [0.2, 0.25) is 0 Å². The van der Waals surface area contributed by atoms with Gasteiger partial charge in [-0.3, -0.25) is 14.1 Å². The molecule has 0 rings (SSSR count). The third-order valence-electron chi connectivity index (χ3n) is 9.38. The first kappa shape index (κ1) is 48.0. The largest absolute Gasteiger partial charge is 0.469 e. The lowest BCUT2D eigenvalue weighted by Gasteiger charge is -2.18. The number of rotatable bonds is 39. The van der Waals surface area contributed by atoms with E-state index in [0.717, 1.165) is 32.1 Å². The molecule has 0 saturated heterocycles. The van der Waals surface area contributed by atoms with Crippen LogP contribution in [-0.2, 0) is 28.2 Å². The minimum atomic E-state index is -4.74. The average molecular weight is 719 g/mol. The number of hydrogen-bond donors (Lipinski definition) is 2. The van der Waals surface area contributed by atoms with E-state index in [4.69, 9.17) is 19.3 Å². The van der Waals surface area contributed by atoms with Crippen molar-refractivity contribution in [2.75, 3.05) is 13.2 Å². The Kier molecular flexibility index (Phi) is 36.1. The number of ether oxygens (including phenoxy) is 2. The highest BCUT2D eigenvalue weighted by atomic mass is 31.2. The second-order valence-corrected chi connectivity index (χ2v) is 15.6. The highest BCUT2D eigenvalue weighted by molar-refractivity contribution is 7.46. The molecular weight excluding hydrogens is 639 g/mol. The second kappa shape index (κ2) is 36.8. The lowest BCUT2D eigenvalue weighted by Crippen LogP contribution is -2.29. The molecule has 0 heterocycles. The summed E-state index contributed by atoms with van der Waals surface area (Å²) in [6.45, 7) is 3.69. The molecule has 0 aliphatic heterocycles. The number of carbonyl (C=O) groups excluding carboxylic acids is 2. The van der Waals surface area contributed by atoms with Gasteiger partial charge in [0, 0.05) is 12.8 Å². The maximum atomic E-state index is 12.4. The van der Waals surface area contributed by atoms with Crippen molar-refractivity contribution in [2.45, 2.75) is 232 Å². The Balaban J connectivity index is 3.80. The van der Waals surface area contributed by atoms with Crippen LogP contribution in [0.4, 0.5) is 0 Å². The normalized spacial score (nSPS) is 12.3. The van der Waals surface area contributed by atoms with E-state index < -0.39 is 32.5 Å². The van der Waals surface area contributed by atoms with Crippen molar-refractivity contribution in [3.63, 3.8) is 0 Å². The van der Waals surface area contributed by atoms with Gasteiger partial charge in [0.25, 0.3) is 0 Å². The summed E-state index contributed by atoms with van der Waals surface area (Å²) in [5.74, 6) is -0.871. The van der Waals surface area contributed by atoms with Crippen LogP contribution in [0.15, 0.2) is 0 Å². The third-order valence-corrected chi connectivity index (χ3v) is 9.86. The first-order chi connectivity index (χ1) is 23.8. The van der Waals surface area contributed by atoms with Crippen LogP contribution in [0.3, 0.4) is 0 Å². The van der Waals surface area contributed by atoms with Crippen LogP contribution in [0, 0.1) is 0 Å². The second-order valence-electron chi connectivity index (χ2n) is 14.3. The average Bonchev–Trinajstić information content (AvgIpc) is 3.07. The van der Waals surface area contributed by atoms with E-state index in [1.54, 1.807) is 0 Å². The Bertz CT molecular complexity index is 771. The van der Waals surface area contributed by atoms with Crippen molar-refractivity contribution < 1.29 is 37.9 Å². The maximum Gasteiger partial charge on any atom is 0.469 e.